The third kappa shape index (κ3) is 11.3. The summed E-state index contributed by atoms with van der Waals surface area (Å²) in [6.45, 7) is 18.2. The van der Waals surface area contributed by atoms with E-state index in [2.05, 4.69) is 39.5 Å². The number of hydrogen-bond acceptors (Lipinski definition) is 0. The molecule has 0 aliphatic heterocycles. The normalized spacial score (nSPS) is 10.7. The maximum atomic E-state index is 3.73. The van der Waals surface area contributed by atoms with Crippen LogP contribution in [0.25, 0.3) is 0 Å². The highest BCUT2D eigenvalue weighted by molar-refractivity contribution is 5.32. The lowest BCUT2D eigenvalue weighted by molar-refractivity contribution is 0.893. The minimum atomic E-state index is 1.12. The molecule has 0 amide bonds. The summed E-state index contributed by atoms with van der Waals surface area (Å²) >= 11 is 0. The molecule has 0 heteroatoms. The van der Waals surface area contributed by atoms with Crippen molar-refractivity contribution >= 4 is 0 Å². The zero-order chi connectivity index (χ0) is 13.4. The molecule has 16 heavy (non-hydrogen) atoms. The van der Waals surface area contributed by atoms with Gasteiger partial charge in [0.2, 0.25) is 0 Å². The molecule has 0 rings (SSSR count). The Morgan fingerprint density at radius 1 is 1.00 bits per heavy atom. The average molecular weight is 224 g/mol. The van der Waals surface area contributed by atoms with Gasteiger partial charge in [0.15, 0.2) is 0 Å². The van der Waals surface area contributed by atoms with Crippen LogP contribution in [-0.4, -0.2) is 0 Å². The fourth-order valence-electron chi connectivity index (χ4n) is 1.38. The van der Waals surface area contributed by atoms with E-state index < -0.39 is 0 Å². The lowest BCUT2D eigenvalue weighted by atomic mass is 9.99. The van der Waals surface area contributed by atoms with Crippen molar-refractivity contribution < 1.29 is 0 Å². The first kappa shape index (κ1) is 20.6. The molecule has 0 aliphatic carbocycles. The predicted molar refractivity (Wildman–Crippen MR) is 79.9 cm³/mol. The Morgan fingerprint density at radius 2 is 1.50 bits per heavy atom. The van der Waals surface area contributed by atoms with Crippen molar-refractivity contribution in [3.05, 3.63) is 36.0 Å². The molecule has 0 aromatic rings. The van der Waals surface area contributed by atoms with Crippen LogP contribution in [0.2, 0.25) is 0 Å². The molecule has 0 heterocycles. The SMILES string of the molecule is C=C/C=C(CCC)\C(=C/C)CC.CC.CC. The summed E-state index contributed by atoms with van der Waals surface area (Å²) in [5.41, 5.74) is 2.90. The Bertz CT molecular complexity index is 182. The van der Waals surface area contributed by atoms with Crippen molar-refractivity contribution in [2.75, 3.05) is 0 Å². The zero-order valence-corrected chi connectivity index (χ0v) is 12.6. The van der Waals surface area contributed by atoms with Crippen LogP contribution >= 0.6 is 0 Å². The van der Waals surface area contributed by atoms with Crippen LogP contribution in [0, 0.1) is 0 Å². The van der Waals surface area contributed by atoms with E-state index in [-0.39, 0.29) is 0 Å². The van der Waals surface area contributed by atoms with E-state index in [1.807, 2.05) is 33.8 Å². The second-order valence-electron chi connectivity index (χ2n) is 2.85. The van der Waals surface area contributed by atoms with Gasteiger partial charge >= 0.3 is 0 Å². The van der Waals surface area contributed by atoms with Gasteiger partial charge in [-0.05, 0) is 30.9 Å². The average Bonchev–Trinajstić information content (AvgIpc) is 2.36. The molecule has 0 aromatic heterocycles. The van der Waals surface area contributed by atoms with Crippen molar-refractivity contribution in [3.8, 4) is 0 Å². The van der Waals surface area contributed by atoms with Crippen LogP contribution in [0.1, 0.15) is 67.7 Å². The number of hydrogen-bond donors (Lipinski definition) is 0. The van der Waals surface area contributed by atoms with Gasteiger partial charge in [-0.2, -0.15) is 0 Å². The fraction of sp³-hybridized carbons (Fsp3) is 0.625. The number of allylic oxidation sites excluding steroid dienone is 5. The second kappa shape index (κ2) is 19.7. The van der Waals surface area contributed by atoms with Crippen LogP contribution in [0.3, 0.4) is 0 Å². The van der Waals surface area contributed by atoms with Crippen molar-refractivity contribution in [1.29, 1.82) is 0 Å². The van der Waals surface area contributed by atoms with Gasteiger partial charge in [0.25, 0.3) is 0 Å². The van der Waals surface area contributed by atoms with E-state index in [0.29, 0.717) is 0 Å². The van der Waals surface area contributed by atoms with Crippen LogP contribution < -0.4 is 0 Å². The third-order valence-corrected chi connectivity index (χ3v) is 1.98. The van der Waals surface area contributed by atoms with Crippen LogP contribution in [0.4, 0.5) is 0 Å². The van der Waals surface area contributed by atoms with Crippen LogP contribution in [0.5, 0.6) is 0 Å². The minimum Gasteiger partial charge on any atom is -0.0991 e. The zero-order valence-electron chi connectivity index (χ0n) is 12.6. The maximum absolute atomic E-state index is 3.73. The highest BCUT2D eigenvalue weighted by atomic mass is 14.0. The minimum absolute atomic E-state index is 1.12. The van der Waals surface area contributed by atoms with Crippen molar-refractivity contribution in [2.24, 2.45) is 0 Å². The Balaban J connectivity index is -0.000000376. The summed E-state index contributed by atoms with van der Waals surface area (Å²) in [6, 6.07) is 0. The highest BCUT2D eigenvalue weighted by Crippen LogP contribution is 2.18. The Hall–Kier alpha value is -0.780. The third-order valence-electron chi connectivity index (χ3n) is 1.98. The number of rotatable bonds is 5. The van der Waals surface area contributed by atoms with E-state index >= 15 is 0 Å². The summed E-state index contributed by atoms with van der Waals surface area (Å²) in [4.78, 5) is 0. The largest absolute Gasteiger partial charge is 0.0991 e. The summed E-state index contributed by atoms with van der Waals surface area (Å²) in [6.07, 6.45) is 9.70. The van der Waals surface area contributed by atoms with Gasteiger partial charge < -0.3 is 0 Å². The summed E-state index contributed by atoms with van der Waals surface area (Å²) in [5, 5.41) is 0. The first-order valence-corrected chi connectivity index (χ1v) is 6.77. The Labute approximate surface area is 104 Å². The monoisotopic (exact) mass is 224 g/mol. The van der Waals surface area contributed by atoms with Gasteiger partial charge in [0, 0.05) is 0 Å². The first-order chi connectivity index (χ1) is 7.79. The van der Waals surface area contributed by atoms with Crippen LogP contribution in [0.15, 0.2) is 36.0 Å². The molecule has 0 unspecified atom stereocenters. The fourth-order valence-corrected chi connectivity index (χ4v) is 1.38. The van der Waals surface area contributed by atoms with E-state index in [4.69, 9.17) is 0 Å². The van der Waals surface area contributed by atoms with E-state index in [0.717, 1.165) is 6.42 Å². The molecule has 0 N–H and O–H groups in total. The van der Waals surface area contributed by atoms with E-state index in [1.165, 1.54) is 24.0 Å². The van der Waals surface area contributed by atoms with Gasteiger partial charge in [-0.1, -0.05) is 72.8 Å². The molecule has 96 valence electrons. The maximum Gasteiger partial charge on any atom is -0.0279 e. The lowest BCUT2D eigenvalue weighted by Gasteiger charge is -2.07. The molecule has 0 saturated carbocycles. The van der Waals surface area contributed by atoms with Crippen molar-refractivity contribution in [1.82, 2.24) is 0 Å². The van der Waals surface area contributed by atoms with Gasteiger partial charge in [-0.3, -0.25) is 0 Å². The van der Waals surface area contributed by atoms with Crippen molar-refractivity contribution in [3.63, 3.8) is 0 Å². The Morgan fingerprint density at radius 3 is 1.75 bits per heavy atom. The van der Waals surface area contributed by atoms with E-state index in [9.17, 15) is 0 Å². The summed E-state index contributed by atoms with van der Waals surface area (Å²) < 4.78 is 0. The lowest BCUT2D eigenvalue weighted by Crippen LogP contribution is -1.87. The smallest absolute Gasteiger partial charge is 0.0279 e. The molecule has 0 aromatic carbocycles. The van der Waals surface area contributed by atoms with E-state index in [1.54, 1.807) is 0 Å². The predicted octanol–water partition coefficient (Wildman–Crippen LogP) is 6.31. The topological polar surface area (TPSA) is 0 Å². The molecule has 0 fully saturated rings. The standard InChI is InChI=1S/C12H20.2C2H6/c1-5-9-12(10-6-2)11(7-3)8-4;2*1-2/h5,7,9H,1,6,8,10H2,2-4H3;2*1-2H3/b11-7-,12-9-;;. The quantitative estimate of drug-likeness (QED) is 0.480. The second-order valence-corrected chi connectivity index (χ2v) is 2.85. The summed E-state index contributed by atoms with van der Waals surface area (Å²) in [7, 11) is 0. The molecular formula is C16H32. The molecule has 0 nitrogen and oxygen atoms in total. The van der Waals surface area contributed by atoms with Gasteiger partial charge in [0.05, 0.1) is 0 Å². The van der Waals surface area contributed by atoms with Crippen molar-refractivity contribution in [2.45, 2.75) is 67.7 Å². The molecule has 0 bridgehead atoms. The first-order valence-electron chi connectivity index (χ1n) is 6.77. The Kier molecular flexibility index (Phi) is 25.4. The molecule has 0 saturated heterocycles. The highest BCUT2D eigenvalue weighted by Gasteiger charge is 1.98. The molecule has 0 atom stereocenters. The van der Waals surface area contributed by atoms with Gasteiger partial charge in [-0.15, -0.1) is 0 Å². The molecule has 0 radical (unpaired) electrons. The van der Waals surface area contributed by atoms with Gasteiger partial charge in [0.1, 0.15) is 0 Å². The summed E-state index contributed by atoms with van der Waals surface area (Å²) in [5.74, 6) is 0. The molecule has 0 aliphatic rings. The van der Waals surface area contributed by atoms with Crippen LogP contribution in [-0.2, 0) is 0 Å². The molecule has 0 spiro atoms. The molecular weight excluding hydrogens is 192 g/mol. The van der Waals surface area contributed by atoms with Gasteiger partial charge in [-0.25, -0.2) is 0 Å².